The summed E-state index contributed by atoms with van der Waals surface area (Å²) in [6, 6.07) is 1.81. The van der Waals surface area contributed by atoms with Gasteiger partial charge in [-0.3, -0.25) is 0 Å². The van der Waals surface area contributed by atoms with Crippen molar-refractivity contribution in [1.29, 1.82) is 0 Å². The fraction of sp³-hybridized carbons (Fsp3) is 0.714. The average molecular weight is 284 g/mol. The van der Waals surface area contributed by atoms with Crippen LogP contribution < -0.4 is 4.90 Å². The molecule has 1 aliphatic heterocycles. The van der Waals surface area contributed by atoms with Gasteiger partial charge >= 0.3 is 0 Å². The van der Waals surface area contributed by atoms with Gasteiger partial charge in [0.1, 0.15) is 17.3 Å². The van der Waals surface area contributed by atoms with E-state index in [-0.39, 0.29) is 5.41 Å². The molecular formula is C14H22ClN3O. The van der Waals surface area contributed by atoms with Gasteiger partial charge in [-0.05, 0) is 24.7 Å². The Morgan fingerprint density at radius 1 is 1.37 bits per heavy atom. The van der Waals surface area contributed by atoms with Crippen LogP contribution in [0.15, 0.2) is 12.4 Å². The number of hydrogen-bond acceptors (Lipinski definition) is 4. The van der Waals surface area contributed by atoms with Gasteiger partial charge in [0.25, 0.3) is 0 Å². The Morgan fingerprint density at radius 2 is 2.11 bits per heavy atom. The average Bonchev–Trinajstić information content (AvgIpc) is 2.46. The third kappa shape index (κ3) is 3.57. The van der Waals surface area contributed by atoms with E-state index in [1.165, 1.54) is 19.2 Å². The van der Waals surface area contributed by atoms with Gasteiger partial charge in [0.15, 0.2) is 0 Å². The van der Waals surface area contributed by atoms with Crippen LogP contribution >= 0.6 is 11.6 Å². The van der Waals surface area contributed by atoms with Crippen molar-refractivity contribution in [2.24, 2.45) is 5.41 Å². The van der Waals surface area contributed by atoms with Crippen molar-refractivity contribution in [3.8, 4) is 0 Å². The molecule has 0 aliphatic carbocycles. The van der Waals surface area contributed by atoms with Gasteiger partial charge in [0.05, 0.1) is 0 Å². The number of aliphatic hydroxyl groups excluding tert-OH is 1. The molecule has 2 rings (SSSR count). The molecule has 0 atom stereocenters. The number of hydrogen-bond donors (Lipinski definition) is 1. The molecule has 1 aromatic rings. The molecule has 1 aliphatic rings. The lowest BCUT2D eigenvalue weighted by Gasteiger charge is -2.41. The fourth-order valence-corrected chi connectivity index (χ4v) is 2.89. The first kappa shape index (κ1) is 14.5. The van der Waals surface area contributed by atoms with Crippen molar-refractivity contribution in [2.75, 3.05) is 24.6 Å². The molecule has 0 radical (unpaired) electrons. The SMILES string of the molecule is CCCCC1(CO)CCN(c2cc(Cl)ncn2)CC1. The Balaban J connectivity index is 1.97. The van der Waals surface area contributed by atoms with Crippen LogP contribution in [0.3, 0.4) is 0 Å². The zero-order chi connectivity index (χ0) is 13.7. The second-order valence-electron chi connectivity index (χ2n) is 5.45. The normalized spacial score (nSPS) is 18.6. The minimum atomic E-state index is 0.114. The number of anilines is 1. The van der Waals surface area contributed by atoms with Crippen molar-refractivity contribution < 1.29 is 5.11 Å². The van der Waals surface area contributed by atoms with Gasteiger partial charge in [-0.25, -0.2) is 9.97 Å². The minimum Gasteiger partial charge on any atom is -0.396 e. The van der Waals surface area contributed by atoms with Crippen LogP contribution in [0, 0.1) is 5.41 Å². The lowest BCUT2D eigenvalue weighted by atomic mass is 9.75. The zero-order valence-corrected chi connectivity index (χ0v) is 12.2. The maximum atomic E-state index is 9.70. The molecule has 0 spiro atoms. The third-order valence-electron chi connectivity index (χ3n) is 4.16. The molecule has 1 N–H and O–H groups in total. The standard InChI is InChI=1S/C14H22ClN3O/c1-2-3-4-14(10-19)5-7-18(8-6-14)13-9-12(15)16-11-17-13/h9,11,19H,2-8,10H2,1H3. The largest absolute Gasteiger partial charge is 0.396 e. The highest BCUT2D eigenvalue weighted by molar-refractivity contribution is 6.29. The number of rotatable bonds is 5. The van der Waals surface area contributed by atoms with E-state index >= 15 is 0 Å². The molecule has 5 heteroatoms. The smallest absolute Gasteiger partial charge is 0.134 e. The highest BCUT2D eigenvalue weighted by Gasteiger charge is 2.33. The molecule has 19 heavy (non-hydrogen) atoms. The van der Waals surface area contributed by atoms with Gasteiger partial charge < -0.3 is 10.0 Å². The zero-order valence-electron chi connectivity index (χ0n) is 11.5. The van der Waals surface area contributed by atoms with E-state index in [0.29, 0.717) is 11.8 Å². The van der Waals surface area contributed by atoms with E-state index in [2.05, 4.69) is 21.8 Å². The molecule has 2 heterocycles. The maximum Gasteiger partial charge on any atom is 0.134 e. The van der Waals surface area contributed by atoms with E-state index in [1.54, 1.807) is 6.07 Å². The molecule has 1 saturated heterocycles. The molecule has 0 bridgehead atoms. The summed E-state index contributed by atoms with van der Waals surface area (Å²) in [6.45, 7) is 4.35. The molecule has 0 amide bonds. The number of halogens is 1. The first-order valence-electron chi connectivity index (χ1n) is 7.02. The number of nitrogens with zero attached hydrogens (tertiary/aromatic N) is 3. The summed E-state index contributed by atoms with van der Waals surface area (Å²) in [6.07, 6.45) is 7.05. The lowest BCUT2D eigenvalue weighted by Crippen LogP contribution is -2.42. The second kappa shape index (κ2) is 6.53. The summed E-state index contributed by atoms with van der Waals surface area (Å²) in [5.41, 5.74) is 0.114. The van der Waals surface area contributed by atoms with Crippen molar-refractivity contribution in [3.63, 3.8) is 0 Å². The Kier molecular flexibility index (Phi) is 4.99. The number of piperidine rings is 1. The topological polar surface area (TPSA) is 49.2 Å². The summed E-state index contributed by atoms with van der Waals surface area (Å²) < 4.78 is 0. The monoisotopic (exact) mass is 283 g/mol. The second-order valence-corrected chi connectivity index (χ2v) is 5.83. The number of aromatic nitrogens is 2. The van der Waals surface area contributed by atoms with Crippen LogP contribution in [0.4, 0.5) is 5.82 Å². The van der Waals surface area contributed by atoms with Gasteiger partial charge in [0, 0.05) is 25.8 Å². The lowest BCUT2D eigenvalue weighted by molar-refractivity contribution is 0.0846. The molecule has 1 aromatic heterocycles. The molecule has 106 valence electrons. The maximum absolute atomic E-state index is 9.70. The Morgan fingerprint density at radius 3 is 2.68 bits per heavy atom. The first-order chi connectivity index (χ1) is 9.19. The number of aliphatic hydroxyl groups is 1. The summed E-state index contributed by atoms with van der Waals surface area (Å²) in [4.78, 5) is 10.4. The summed E-state index contributed by atoms with van der Waals surface area (Å²) in [5.74, 6) is 0.891. The first-order valence-corrected chi connectivity index (χ1v) is 7.40. The van der Waals surface area contributed by atoms with Gasteiger partial charge in [-0.2, -0.15) is 0 Å². The van der Waals surface area contributed by atoms with Crippen LogP contribution in [0.2, 0.25) is 5.15 Å². The predicted molar refractivity (Wildman–Crippen MR) is 77.5 cm³/mol. The van der Waals surface area contributed by atoms with E-state index < -0.39 is 0 Å². The molecule has 0 unspecified atom stereocenters. The summed E-state index contributed by atoms with van der Waals surface area (Å²) >= 11 is 5.90. The summed E-state index contributed by atoms with van der Waals surface area (Å²) in [7, 11) is 0. The molecule has 0 aromatic carbocycles. The minimum absolute atomic E-state index is 0.114. The van der Waals surface area contributed by atoms with Crippen LogP contribution in [0.5, 0.6) is 0 Å². The van der Waals surface area contributed by atoms with E-state index in [0.717, 1.165) is 38.2 Å². The Hall–Kier alpha value is -0.870. The van der Waals surface area contributed by atoms with Crippen LogP contribution in [0.1, 0.15) is 39.0 Å². The molecule has 1 fully saturated rings. The van der Waals surface area contributed by atoms with Gasteiger partial charge in [-0.15, -0.1) is 0 Å². The van der Waals surface area contributed by atoms with E-state index in [4.69, 9.17) is 11.6 Å². The van der Waals surface area contributed by atoms with Gasteiger partial charge in [-0.1, -0.05) is 31.4 Å². The predicted octanol–water partition coefficient (Wildman–Crippen LogP) is 2.90. The quantitative estimate of drug-likeness (QED) is 0.844. The molecular weight excluding hydrogens is 262 g/mol. The molecule has 0 saturated carbocycles. The van der Waals surface area contributed by atoms with Gasteiger partial charge in [0.2, 0.25) is 0 Å². The van der Waals surface area contributed by atoms with Crippen LogP contribution in [0.25, 0.3) is 0 Å². The Bertz CT molecular complexity index is 405. The third-order valence-corrected chi connectivity index (χ3v) is 4.37. The van der Waals surface area contributed by atoms with E-state index in [1.807, 2.05) is 0 Å². The highest BCUT2D eigenvalue weighted by Crippen LogP contribution is 2.37. The molecule has 4 nitrogen and oxygen atoms in total. The summed E-state index contributed by atoms with van der Waals surface area (Å²) in [5, 5.41) is 10.2. The fourth-order valence-electron chi connectivity index (χ4n) is 2.75. The number of unbranched alkanes of at least 4 members (excludes halogenated alkanes) is 1. The van der Waals surface area contributed by atoms with E-state index in [9.17, 15) is 5.11 Å². The van der Waals surface area contributed by atoms with Crippen LogP contribution in [-0.4, -0.2) is 34.8 Å². The van der Waals surface area contributed by atoms with Crippen molar-refractivity contribution in [2.45, 2.75) is 39.0 Å². The van der Waals surface area contributed by atoms with Crippen molar-refractivity contribution >= 4 is 17.4 Å². The Labute approximate surface area is 119 Å². The van der Waals surface area contributed by atoms with Crippen molar-refractivity contribution in [1.82, 2.24) is 9.97 Å². The highest BCUT2D eigenvalue weighted by atomic mass is 35.5. The van der Waals surface area contributed by atoms with Crippen LogP contribution in [-0.2, 0) is 0 Å². The van der Waals surface area contributed by atoms with Crippen molar-refractivity contribution in [3.05, 3.63) is 17.5 Å².